The summed E-state index contributed by atoms with van der Waals surface area (Å²) in [6.07, 6.45) is 6.78. The fraction of sp³-hybridized carbons (Fsp3) is 0.609. The average molecular weight is 375 g/mol. The van der Waals surface area contributed by atoms with Gasteiger partial charge in [-0.2, -0.15) is 0 Å². The van der Waals surface area contributed by atoms with E-state index in [9.17, 15) is 0 Å². The first-order valence-electron chi connectivity index (χ1n) is 9.91. The van der Waals surface area contributed by atoms with E-state index in [2.05, 4.69) is 70.1 Å². The summed E-state index contributed by atoms with van der Waals surface area (Å²) < 4.78 is 0. The molecule has 0 fully saturated rings. The van der Waals surface area contributed by atoms with Gasteiger partial charge in [0.05, 0.1) is 0 Å². The zero-order chi connectivity index (χ0) is 19.4. The largest absolute Gasteiger partial charge is 0.304 e. The molecule has 0 aromatic heterocycles. The van der Waals surface area contributed by atoms with E-state index in [0.29, 0.717) is 0 Å². The van der Waals surface area contributed by atoms with E-state index < -0.39 is 0 Å². The number of halogens is 1. The molecule has 2 nitrogen and oxygen atoms in total. The number of aliphatic imine (C=N–C) groups is 1. The normalized spacial score (nSPS) is 15.7. The summed E-state index contributed by atoms with van der Waals surface area (Å²) in [7, 11) is 0. The van der Waals surface area contributed by atoms with Crippen LogP contribution in [-0.4, -0.2) is 18.3 Å². The molecule has 0 saturated heterocycles. The third-order valence-electron chi connectivity index (χ3n) is 5.67. The molecule has 1 N–H and O–H groups in total. The van der Waals surface area contributed by atoms with Crippen LogP contribution in [-0.2, 0) is 12.0 Å². The van der Waals surface area contributed by atoms with E-state index in [0.717, 1.165) is 24.5 Å². The van der Waals surface area contributed by atoms with Gasteiger partial charge >= 0.3 is 0 Å². The number of hydrogen-bond donors (Lipinski definition) is 1. The molecule has 0 radical (unpaired) electrons. The average Bonchev–Trinajstić information content (AvgIpc) is 2.59. The van der Waals surface area contributed by atoms with Crippen molar-refractivity contribution in [3.8, 4) is 0 Å². The minimum absolute atomic E-state index is 0.120. The van der Waals surface area contributed by atoms with Crippen LogP contribution in [0.5, 0.6) is 0 Å². The number of hydrogen-bond acceptors (Lipinski definition) is 2. The lowest BCUT2D eigenvalue weighted by molar-refractivity contribution is 0.450. The van der Waals surface area contributed by atoms with Gasteiger partial charge in [0.1, 0.15) is 0 Å². The summed E-state index contributed by atoms with van der Waals surface area (Å²) in [5, 5.41) is 4.54. The molecule has 0 saturated carbocycles. The third-order valence-corrected chi connectivity index (χ3v) is 6.04. The predicted molar refractivity (Wildman–Crippen MR) is 116 cm³/mol. The maximum atomic E-state index is 6.52. The van der Waals surface area contributed by atoms with Crippen molar-refractivity contribution in [2.75, 3.05) is 6.54 Å². The Morgan fingerprint density at radius 2 is 1.92 bits per heavy atom. The second-order valence-electron chi connectivity index (χ2n) is 8.75. The lowest BCUT2D eigenvalue weighted by Crippen LogP contribution is -2.42. The van der Waals surface area contributed by atoms with Crippen molar-refractivity contribution >= 4 is 17.8 Å². The molecule has 1 aromatic carbocycles. The first-order valence-corrected chi connectivity index (χ1v) is 10.3. The van der Waals surface area contributed by atoms with Crippen LogP contribution in [0.4, 0.5) is 0 Å². The lowest BCUT2D eigenvalue weighted by atomic mass is 9.79. The van der Waals surface area contributed by atoms with Crippen LogP contribution in [0.15, 0.2) is 34.3 Å². The lowest BCUT2D eigenvalue weighted by Gasteiger charge is -2.31. The number of unbranched alkanes of at least 4 members (excludes halogenated alkanes) is 1. The zero-order valence-corrected chi connectivity index (χ0v) is 18.1. The Morgan fingerprint density at radius 1 is 1.19 bits per heavy atom. The van der Waals surface area contributed by atoms with Crippen molar-refractivity contribution in [3.63, 3.8) is 0 Å². The molecule has 0 spiro atoms. The molecule has 0 atom stereocenters. The van der Waals surface area contributed by atoms with Crippen LogP contribution in [0.3, 0.4) is 0 Å². The van der Waals surface area contributed by atoms with Gasteiger partial charge in [0, 0.05) is 29.9 Å². The fourth-order valence-corrected chi connectivity index (χ4v) is 3.82. The molecule has 1 aromatic rings. The second kappa shape index (κ2) is 8.71. The van der Waals surface area contributed by atoms with Crippen LogP contribution >= 0.6 is 11.6 Å². The quantitative estimate of drug-likeness (QED) is 0.554. The Hall–Kier alpha value is -1.12. The molecule has 0 unspecified atom stereocenters. The van der Waals surface area contributed by atoms with Crippen LogP contribution in [0.2, 0.25) is 5.02 Å². The summed E-state index contributed by atoms with van der Waals surface area (Å²) in [6, 6.07) is 6.53. The molecule has 0 amide bonds. The smallest absolute Gasteiger partial charge is 0.0451 e. The van der Waals surface area contributed by atoms with Crippen LogP contribution < -0.4 is 5.32 Å². The summed E-state index contributed by atoms with van der Waals surface area (Å²) in [5.41, 5.74) is 5.34. The molecule has 3 heteroatoms. The summed E-state index contributed by atoms with van der Waals surface area (Å²) >= 11 is 6.52. The van der Waals surface area contributed by atoms with Crippen molar-refractivity contribution in [3.05, 3.63) is 45.5 Å². The molecule has 1 aliphatic rings. The van der Waals surface area contributed by atoms with E-state index in [4.69, 9.17) is 11.6 Å². The van der Waals surface area contributed by atoms with Gasteiger partial charge in [-0.05, 0) is 61.8 Å². The first kappa shape index (κ1) is 21.2. The van der Waals surface area contributed by atoms with Gasteiger partial charge in [-0.1, -0.05) is 62.9 Å². The molecule has 144 valence electrons. The Bertz CT molecular complexity index is 683. The van der Waals surface area contributed by atoms with Crippen molar-refractivity contribution in [1.82, 2.24) is 5.32 Å². The van der Waals surface area contributed by atoms with Crippen molar-refractivity contribution in [1.29, 1.82) is 0 Å². The number of rotatable bonds is 8. The van der Waals surface area contributed by atoms with E-state index in [-0.39, 0.29) is 11.0 Å². The molecule has 1 aliphatic heterocycles. The van der Waals surface area contributed by atoms with Crippen LogP contribution in [0.1, 0.15) is 78.4 Å². The maximum Gasteiger partial charge on any atom is 0.0451 e. The standard InChI is InChI=1S/C23H35ClN2/c1-7-8-12-22(3,4)19-9-10-21(24)18(14-19)15-26-23(5,6)20-16-25-13-11-17(20)2/h9-10,14,16,26H,7-8,11-13,15H2,1-6H3. The third kappa shape index (κ3) is 5.20. The molecule has 0 aliphatic carbocycles. The predicted octanol–water partition coefficient (Wildman–Crippen LogP) is 6.47. The van der Waals surface area contributed by atoms with Crippen molar-refractivity contribution in [2.24, 2.45) is 4.99 Å². The van der Waals surface area contributed by atoms with Gasteiger partial charge in [0.15, 0.2) is 0 Å². The monoisotopic (exact) mass is 374 g/mol. The maximum absolute atomic E-state index is 6.52. The molecule has 1 heterocycles. The van der Waals surface area contributed by atoms with Crippen molar-refractivity contribution in [2.45, 2.75) is 84.7 Å². The summed E-state index contributed by atoms with van der Waals surface area (Å²) in [4.78, 5) is 4.47. The van der Waals surface area contributed by atoms with Gasteiger partial charge in [0.25, 0.3) is 0 Å². The Balaban J connectivity index is 2.16. The van der Waals surface area contributed by atoms with Gasteiger partial charge in [0.2, 0.25) is 0 Å². The fourth-order valence-electron chi connectivity index (χ4n) is 3.63. The number of nitrogens with one attached hydrogen (secondary N) is 1. The minimum Gasteiger partial charge on any atom is -0.304 e. The molecule has 0 bridgehead atoms. The Kier molecular flexibility index (Phi) is 7.10. The zero-order valence-electron chi connectivity index (χ0n) is 17.4. The minimum atomic E-state index is -0.120. The van der Waals surface area contributed by atoms with E-state index in [1.54, 1.807) is 0 Å². The molecule has 2 rings (SSSR count). The first-order chi connectivity index (χ1) is 12.2. The highest BCUT2D eigenvalue weighted by Gasteiger charge is 2.26. The van der Waals surface area contributed by atoms with E-state index in [1.807, 2.05) is 6.21 Å². The van der Waals surface area contributed by atoms with E-state index in [1.165, 1.54) is 41.5 Å². The Labute approximate surface area is 165 Å². The highest BCUT2D eigenvalue weighted by molar-refractivity contribution is 6.31. The summed E-state index contributed by atoms with van der Waals surface area (Å²) in [5.74, 6) is 0. The van der Waals surface area contributed by atoms with Crippen molar-refractivity contribution < 1.29 is 0 Å². The van der Waals surface area contributed by atoms with Gasteiger partial charge in [-0.3, -0.25) is 4.99 Å². The van der Waals surface area contributed by atoms with Crippen LogP contribution in [0.25, 0.3) is 0 Å². The molecular weight excluding hydrogens is 340 g/mol. The highest BCUT2D eigenvalue weighted by atomic mass is 35.5. The number of dihydropyridines is 1. The molecule has 26 heavy (non-hydrogen) atoms. The van der Waals surface area contributed by atoms with Crippen LogP contribution in [0, 0.1) is 0 Å². The number of benzene rings is 1. The second-order valence-corrected chi connectivity index (χ2v) is 9.16. The van der Waals surface area contributed by atoms with Gasteiger partial charge in [-0.15, -0.1) is 0 Å². The SMILES string of the molecule is CCCCC(C)(C)c1ccc(Cl)c(CNC(C)(C)C2=C(C)CCN=C2)c1. The summed E-state index contributed by atoms with van der Waals surface area (Å²) in [6.45, 7) is 15.3. The topological polar surface area (TPSA) is 24.4 Å². The van der Waals surface area contributed by atoms with Gasteiger partial charge < -0.3 is 5.32 Å². The molecular formula is C23H35ClN2. The number of nitrogens with zero attached hydrogens (tertiary/aromatic N) is 1. The van der Waals surface area contributed by atoms with Gasteiger partial charge in [-0.25, -0.2) is 0 Å². The highest BCUT2D eigenvalue weighted by Crippen LogP contribution is 2.32. The van der Waals surface area contributed by atoms with E-state index >= 15 is 0 Å². The Morgan fingerprint density at radius 3 is 2.58 bits per heavy atom.